The van der Waals surface area contributed by atoms with Gasteiger partial charge in [0.2, 0.25) is 0 Å². The summed E-state index contributed by atoms with van der Waals surface area (Å²) in [7, 11) is 0. The van der Waals surface area contributed by atoms with Gasteiger partial charge in [-0.1, -0.05) is 0 Å². The minimum absolute atomic E-state index is 0.389. The first-order chi connectivity index (χ1) is 6.07. The molecule has 0 aliphatic carbocycles. The first-order valence-electron chi connectivity index (χ1n) is 3.10. The Morgan fingerprint density at radius 2 is 2.00 bits per heavy atom. The molecule has 0 N–H and O–H groups in total. The number of nitrogens with zero attached hydrogens (tertiary/aromatic N) is 2. The molecule has 0 aromatic carbocycles. The van der Waals surface area contributed by atoms with Crippen molar-refractivity contribution in [1.29, 1.82) is 5.26 Å². The summed E-state index contributed by atoms with van der Waals surface area (Å²) in [4.78, 5) is 3.02. The Morgan fingerprint density at radius 1 is 1.38 bits per heavy atom. The maximum absolute atomic E-state index is 12.7. The molecule has 6 heteroatoms. The topological polar surface area (TPSA) is 36.7 Å². The van der Waals surface area contributed by atoms with Crippen LogP contribution in [0.4, 0.5) is 17.6 Å². The highest BCUT2D eigenvalue weighted by atomic mass is 19.3. The lowest BCUT2D eigenvalue weighted by atomic mass is 10.2. The summed E-state index contributed by atoms with van der Waals surface area (Å²) in [6.45, 7) is 0. The maximum atomic E-state index is 12.7. The highest BCUT2D eigenvalue weighted by molar-refractivity contribution is 5.33. The van der Waals surface area contributed by atoms with E-state index in [0.29, 0.717) is 6.20 Å². The quantitative estimate of drug-likeness (QED) is 0.636. The van der Waals surface area contributed by atoms with Crippen LogP contribution in [-0.4, -0.2) is 4.98 Å². The lowest BCUT2D eigenvalue weighted by molar-refractivity contribution is 0.144. The van der Waals surface area contributed by atoms with Crippen molar-refractivity contribution in [2.24, 2.45) is 0 Å². The van der Waals surface area contributed by atoms with Gasteiger partial charge in [0.1, 0.15) is 6.07 Å². The number of alkyl halides is 2. The first-order valence-corrected chi connectivity index (χ1v) is 3.10. The molecule has 0 unspecified atom stereocenters. The molecule has 0 bridgehead atoms. The highest BCUT2D eigenvalue weighted by Gasteiger charge is 2.22. The fourth-order valence-electron chi connectivity index (χ4n) is 0.768. The van der Waals surface area contributed by atoms with E-state index in [0.717, 1.165) is 0 Å². The molecule has 0 saturated carbocycles. The zero-order valence-electron chi connectivity index (χ0n) is 6.06. The molecular weight excluding hydrogens is 188 g/mol. The van der Waals surface area contributed by atoms with Gasteiger partial charge in [-0.25, -0.2) is 22.5 Å². The summed E-state index contributed by atoms with van der Waals surface area (Å²) in [5.74, 6) is -3.21. The van der Waals surface area contributed by atoms with Crippen LogP contribution in [0.1, 0.15) is 17.7 Å². The second kappa shape index (κ2) is 3.39. The number of pyridine rings is 1. The summed E-state index contributed by atoms with van der Waals surface area (Å²) in [5, 5.41) is 8.25. The lowest BCUT2D eigenvalue weighted by Gasteiger charge is -2.02. The van der Waals surface area contributed by atoms with Crippen LogP contribution in [0, 0.1) is 23.0 Å². The van der Waals surface area contributed by atoms with E-state index in [-0.39, 0.29) is 0 Å². The molecule has 0 fully saturated rings. The molecule has 1 aromatic rings. The Balaban J connectivity index is 3.43. The van der Waals surface area contributed by atoms with Crippen LogP contribution in [0.2, 0.25) is 0 Å². The van der Waals surface area contributed by atoms with Gasteiger partial charge in [0, 0.05) is 0 Å². The molecular formula is C7H2F4N2. The molecule has 68 valence electrons. The van der Waals surface area contributed by atoms with Gasteiger partial charge in [-0.3, -0.25) is 0 Å². The van der Waals surface area contributed by atoms with Crippen LogP contribution >= 0.6 is 0 Å². The van der Waals surface area contributed by atoms with Gasteiger partial charge in [-0.05, 0) is 0 Å². The monoisotopic (exact) mass is 190 g/mol. The van der Waals surface area contributed by atoms with Gasteiger partial charge < -0.3 is 0 Å². The number of halogens is 4. The van der Waals surface area contributed by atoms with Crippen molar-refractivity contribution in [3.63, 3.8) is 0 Å². The zero-order valence-corrected chi connectivity index (χ0v) is 6.06. The second-order valence-corrected chi connectivity index (χ2v) is 2.09. The van der Waals surface area contributed by atoms with E-state index < -0.39 is 29.3 Å². The van der Waals surface area contributed by atoms with Gasteiger partial charge in [0.15, 0.2) is 17.3 Å². The molecule has 0 saturated heterocycles. The lowest BCUT2D eigenvalue weighted by Crippen LogP contribution is -2.01. The summed E-state index contributed by atoms with van der Waals surface area (Å²) in [6.07, 6.45) is -2.86. The van der Waals surface area contributed by atoms with Crippen molar-refractivity contribution < 1.29 is 17.6 Å². The molecule has 0 spiro atoms. The minimum Gasteiger partial charge on any atom is -0.242 e. The Bertz CT molecular complexity index is 369. The van der Waals surface area contributed by atoms with E-state index >= 15 is 0 Å². The molecule has 0 radical (unpaired) electrons. The Kier molecular flexibility index (Phi) is 2.46. The van der Waals surface area contributed by atoms with Gasteiger partial charge in [-0.15, -0.1) is 0 Å². The summed E-state index contributed by atoms with van der Waals surface area (Å²) in [6, 6.07) is 1.25. The average Bonchev–Trinajstić information content (AvgIpc) is 2.08. The van der Waals surface area contributed by atoms with Crippen molar-refractivity contribution >= 4 is 0 Å². The first kappa shape index (κ1) is 9.45. The fraction of sp³-hybridized carbons (Fsp3) is 0.143. The molecule has 0 aliphatic rings. The summed E-state index contributed by atoms with van der Waals surface area (Å²) in [5.41, 5.74) is -2.09. The van der Waals surface area contributed by atoms with Crippen LogP contribution in [-0.2, 0) is 0 Å². The van der Waals surface area contributed by atoms with E-state index in [1.807, 2.05) is 0 Å². The van der Waals surface area contributed by atoms with E-state index in [4.69, 9.17) is 5.26 Å². The summed E-state index contributed by atoms with van der Waals surface area (Å²) >= 11 is 0. The van der Waals surface area contributed by atoms with Gasteiger partial charge in [0.25, 0.3) is 6.43 Å². The Labute approximate surface area is 70.4 Å². The van der Waals surface area contributed by atoms with E-state index in [1.165, 1.54) is 6.07 Å². The number of hydrogen-bond acceptors (Lipinski definition) is 2. The van der Waals surface area contributed by atoms with E-state index in [9.17, 15) is 17.6 Å². The molecule has 0 amide bonds. The Morgan fingerprint density at radius 3 is 2.46 bits per heavy atom. The van der Waals surface area contributed by atoms with Crippen LogP contribution < -0.4 is 0 Å². The maximum Gasteiger partial charge on any atom is 0.269 e. The van der Waals surface area contributed by atoms with E-state index in [2.05, 4.69) is 4.98 Å². The molecule has 2 nitrogen and oxygen atoms in total. The Hall–Kier alpha value is -1.64. The van der Waals surface area contributed by atoms with E-state index in [1.54, 1.807) is 0 Å². The number of aromatic nitrogens is 1. The van der Waals surface area contributed by atoms with Crippen molar-refractivity contribution in [3.8, 4) is 6.07 Å². The SMILES string of the molecule is N#Cc1ncc(F)c(F)c1C(F)F. The number of nitriles is 1. The zero-order chi connectivity index (χ0) is 10.0. The molecule has 1 heterocycles. The van der Waals surface area contributed by atoms with Crippen molar-refractivity contribution in [2.75, 3.05) is 0 Å². The largest absolute Gasteiger partial charge is 0.269 e. The van der Waals surface area contributed by atoms with Crippen molar-refractivity contribution in [3.05, 3.63) is 29.1 Å². The third-order valence-electron chi connectivity index (χ3n) is 1.33. The number of rotatable bonds is 1. The van der Waals surface area contributed by atoms with Crippen LogP contribution in [0.5, 0.6) is 0 Å². The van der Waals surface area contributed by atoms with Gasteiger partial charge in [-0.2, -0.15) is 5.26 Å². The number of hydrogen-bond donors (Lipinski definition) is 0. The summed E-state index contributed by atoms with van der Waals surface area (Å²) < 4.78 is 49.1. The van der Waals surface area contributed by atoms with Crippen molar-refractivity contribution in [1.82, 2.24) is 4.98 Å². The minimum atomic E-state index is -3.25. The van der Waals surface area contributed by atoms with Crippen LogP contribution in [0.25, 0.3) is 0 Å². The third-order valence-corrected chi connectivity index (χ3v) is 1.33. The van der Waals surface area contributed by atoms with Gasteiger partial charge in [0.05, 0.1) is 11.8 Å². The molecule has 1 aromatic heterocycles. The second-order valence-electron chi connectivity index (χ2n) is 2.09. The van der Waals surface area contributed by atoms with Crippen molar-refractivity contribution in [2.45, 2.75) is 6.43 Å². The molecule has 0 atom stereocenters. The average molecular weight is 190 g/mol. The molecule has 1 rings (SSSR count). The smallest absolute Gasteiger partial charge is 0.242 e. The predicted molar refractivity (Wildman–Crippen MR) is 33.8 cm³/mol. The highest BCUT2D eigenvalue weighted by Crippen LogP contribution is 2.25. The molecule has 13 heavy (non-hydrogen) atoms. The molecule has 0 aliphatic heterocycles. The van der Waals surface area contributed by atoms with Gasteiger partial charge >= 0.3 is 0 Å². The van der Waals surface area contributed by atoms with Crippen LogP contribution in [0.15, 0.2) is 6.20 Å². The fourth-order valence-corrected chi connectivity index (χ4v) is 0.768. The standard InChI is InChI=1S/C7H2F4N2/c8-3-2-13-4(1-12)5(6(3)9)7(10)11/h2,7H. The van der Waals surface area contributed by atoms with Crippen LogP contribution in [0.3, 0.4) is 0 Å². The third kappa shape index (κ3) is 1.59. The predicted octanol–water partition coefficient (Wildman–Crippen LogP) is 2.17. The normalized spacial score (nSPS) is 10.2.